The standard InChI is InChI=1S/C21H26N4O/c1-18-7-9-19(10-8-18)15-22-23-21(26)17-25-13-11-24(12-14-25)16-20-5-3-2-4-6-20/h2-10,15H,11-14,16-17H2,1H3,(H,23,26). The molecule has 5 nitrogen and oxygen atoms in total. The fourth-order valence-electron chi connectivity index (χ4n) is 3.02. The molecule has 0 bridgehead atoms. The molecule has 1 N–H and O–H groups in total. The second-order valence-electron chi connectivity index (χ2n) is 6.74. The van der Waals surface area contributed by atoms with E-state index < -0.39 is 0 Å². The number of hydrogen-bond acceptors (Lipinski definition) is 4. The van der Waals surface area contributed by atoms with E-state index in [2.05, 4.69) is 44.6 Å². The quantitative estimate of drug-likeness (QED) is 0.642. The molecule has 3 rings (SSSR count). The van der Waals surface area contributed by atoms with Gasteiger partial charge in [0.15, 0.2) is 0 Å². The van der Waals surface area contributed by atoms with E-state index in [1.807, 2.05) is 37.3 Å². The van der Waals surface area contributed by atoms with Gasteiger partial charge in [-0.05, 0) is 18.1 Å². The van der Waals surface area contributed by atoms with E-state index >= 15 is 0 Å². The smallest absolute Gasteiger partial charge is 0.254 e. The molecule has 1 aliphatic heterocycles. The van der Waals surface area contributed by atoms with Crippen molar-refractivity contribution < 1.29 is 4.79 Å². The molecule has 0 atom stereocenters. The van der Waals surface area contributed by atoms with Gasteiger partial charge in [-0.3, -0.25) is 14.6 Å². The van der Waals surface area contributed by atoms with Crippen LogP contribution in [0.5, 0.6) is 0 Å². The van der Waals surface area contributed by atoms with Crippen LogP contribution in [0.2, 0.25) is 0 Å². The zero-order valence-electron chi connectivity index (χ0n) is 15.3. The minimum Gasteiger partial charge on any atom is -0.297 e. The second kappa shape index (κ2) is 9.27. The molecule has 1 aliphatic rings. The molecule has 2 aromatic rings. The van der Waals surface area contributed by atoms with Crippen LogP contribution in [0.15, 0.2) is 59.7 Å². The average molecular weight is 350 g/mol. The van der Waals surface area contributed by atoms with Crippen LogP contribution in [0, 0.1) is 6.92 Å². The zero-order valence-corrected chi connectivity index (χ0v) is 15.3. The van der Waals surface area contributed by atoms with Gasteiger partial charge in [-0.1, -0.05) is 60.2 Å². The molecule has 1 fully saturated rings. The lowest BCUT2D eigenvalue weighted by molar-refractivity contribution is -0.122. The Morgan fingerprint density at radius 2 is 1.65 bits per heavy atom. The van der Waals surface area contributed by atoms with Gasteiger partial charge in [0.2, 0.25) is 0 Å². The van der Waals surface area contributed by atoms with Gasteiger partial charge in [-0.25, -0.2) is 5.43 Å². The summed E-state index contributed by atoms with van der Waals surface area (Å²) in [5, 5.41) is 4.05. The summed E-state index contributed by atoms with van der Waals surface area (Å²) in [6.45, 7) is 7.18. The Hall–Kier alpha value is -2.50. The van der Waals surface area contributed by atoms with Crippen molar-refractivity contribution >= 4 is 12.1 Å². The monoisotopic (exact) mass is 350 g/mol. The van der Waals surface area contributed by atoms with Gasteiger partial charge < -0.3 is 0 Å². The molecule has 5 heteroatoms. The Morgan fingerprint density at radius 3 is 2.35 bits per heavy atom. The number of amides is 1. The largest absolute Gasteiger partial charge is 0.297 e. The zero-order chi connectivity index (χ0) is 18.2. The summed E-state index contributed by atoms with van der Waals surface area (Å²) in [5.41, 5.74) is 6.14. The van der Waals surface area contributed by atoms with E-state index in [1.54, 1.807) is 6.21 Å². The first-order valence-electron chi connectivity index (χ1n) is 9.06. The van der Waals surface area contributed by atoms with E-state index in [1.165, 1.54) is 11.1 Å². The first-order chi connectivity index (χ1) is 12.7. The summed E-state index contributed by atoms with van der Waals surface area (Å²) in [4.78, 5) is 16.7. The van der Waals surface area contributed by atoms with E-state index in [9.17, 15) is 4.79 Å². The maximum absolute atomic E-state index is 12.0. The number of aryl methyl sites for hydroxylation is 1. The van der Waals surface area contributed by atoms with Crippen LogP contribution in [0.1, 0.15) is 16.7 Å². The van der Waals surface area contributed by atoms with Crippen molar-refractivity contribution in [3.8, 4) is 0 Å². The van der Waals surface area contributed by atoms with Gasteiger partial charge in [0, 0.05) is 32.7 Å². The fraction of sp³-hybridized carbons (Fsp3) is 0.333. The molecule has 1 amide bonds. The van der Waals surface area contributed by atoms with Crippen LogP contribution < -0.4 is 5.43 Å². The van der Waals surface area contributed by atoms with Crippen LogP contribution in [0.4, 0.5) is 0 Å². The number of nitrogens with zero attached hydrogens (tertiary/aromatic N) is 3. The minimum absolute atomic E-state index is 0.0649. The van der Waals surface area contributed by atoms with E-state index in [0.717, 1.165) is 38.3 Å². The summed E-state index contributed by atoms with van der Waals surface area (Å²) in [5.74, 6) is -0.0649. The maximum Gasteiger partial charge on any atom is 0.254 e. The number of piperazine rings is 1. The van der Waals surface area contributed by atoms with E-state index in [0.29, 0.717) is 6.54 Å². The van der Waals surface area contributed by atoms with Crippen molar-refractivity contribution in [2.45, 2.75) is 13.5 Å². The molecular weight excluding hydrogens is 324 g/mol. The van der Waals surface area contributed by atoms with Crippen LogP contribution in [0.3, 0.4) is 0 Å². The maximum atomic E-state index is 12.0. The lowest BCUT2D eigenvalue weighted by Gasteiger charge is -2.34. The molecule has 1 heterocycles. The second-order valence-corrected chi connectivity index (χ2v) is 6.74. The average Bonchev–Trinajstić information content (AvgIpc) is 2.66. The minimum atomic E-state index is -0.0649. The Kier molecular flexibility index (Phi) is 6.52. The number of rotatable bonds is 6. The van der Waals surface area contributed by atoms with Gasteiger partial charge in [-0.15, -0.1) is 0 Å². The van der Waals surface area contributed by atoms with Crippen LogP contribution in [0.25, 0.3) is 0 Å². The molecule has 136 valence electrons. The van der Waals surface area contributed by atoms with Gasteiger partial charge in [-0.2, -0.15) is 5.10 Å². The molecule has 0 aliphatic carbocycles. The number of benzene rings is 2. The highest BCUT2D eigenvalue weighted by molar-refractivity contribution is 5.83. The third kappa shape index (κ3) is 5.79. The fourth-order valence-corrected chi connectivity index (χ4v) is 3.02. The van der Waals surface area contributed by atoms with Crippen molar-refractivity contribution in [1.29, 1.82) is 0 Å². The number of carbonyl (C=O) groups excluding carboxylic acids is 1. The summed E-state index contributed by atoms with van der Waals surface area (Å²) in [7, 11) is 0. The third-order valence-electron chi connectivity index (χ3n) is 4.56. The molecule has 0 aromatic heterocycles. The highest BCUT2D eigenvalue weighted by Gasteiger charge is 2.18. The normalized spacial score (nSPS) is 16.0. The first kappa shape index (κ1) is 18.3. The molecule has 0 saturated carbocycles. The Labute approximate surface area is 155 Å². The molecular formula is C21H26N4O. The molecule has 26 heavy (non-hydrogen) atoms. The molecule has 0 unspecified atom stereocenters. The predicted molar refractivity (Wildman–Crippen MR) is 105 cm³/mol. The number of hydrogen-bond donors (Lipinski definition) is 1. The Balaban J connectivity index is 1.37. The van der Waals surface area contributed by atoms with Gasteiger partial charge in [0.25, 0.3) is 5.91 Å². The first-order valence-corrected chi connectivity index (χ1v) is 9.06. The topological polar surface area (TPSA) is 47.9 Å². The van der Waals surface area contributed by atoms with Crippen molar-refractivity contribution in [1.82, 2.24) is 15.2 Å². The van der Waals surface area contributed by atoms with E-state index in [-0.39, 0.29) is 5.91 Å². The summed E-state index contributed by atoms with van der Waals surface area (Å²) in [6.07, 6.45) is 1.68. The molecule has 2 aromatic carbocycles. The van der Waals surface area contributed by atoms with E-state index in [4.69, 9.17) is 0 Å². The van der Waals surface area contributed by atoms with Crippen LogP contribution >= 0.6 is 0 Å². The molecule has 0 spiro atoms. The predicted octanol–water partition coefficient (Wildman–Crippen LogP) is 2.26. The van der Waals surface area contributed by atoms with Crippen molar-refractivity contribution in [2.24, 2.45) is 5.10 Å². The summed E-state index contributed by atoms with van der Waals surface area (Å²) < 4.78 is 0. The van der Waals surface area contributed by atoms with Crippen molar-refractivity contribution in [2.75, 3.05) is 32.7 Å². The van der Waals surface area contributed by atoms with Gasteiger partial charge in [0.1, 0.15) is 0 Å². The SMILES string of the molecule is Cc1ccc(C=NNC(=O)CN2CCN(Cc3ccccc3)CC2)cc1. The Bertz CT molecular complexity index is 719. The van der Waals surface area contributed by atoms with Gasteiger partial charge in [0.05, 0.1) is 12.8 Å². The van der Waals surface area contributed by atoms with Crippen molar-refractivity contribution in [3.63, 3.8) is 0 Å². The highest BCUT2D eigenvalue weighted by atomic mass is 16.2. The summed E-state index contributed by atoms with van der Waals surface area (Å²) >= 11 is 0. The van der Waals surface area contributed by atoms with Crippen LogP contribution in [-0.4, -0.2) is 54.6 Å². The molecule has 1 saturated heterocycles. The van der Waals surface area contributed by atoms with Crippen LogP contribution in [-0.2, 0) is 11.3 Å². The van der Waals surface area contributed by atoms with Gasteiger partial charge >= 0.3 is 0 Å². The molecule has 0 radical (unpaired) electrons. The van der Waals surface area contributed by atoms with Crippen molar-refractivity contribution in [3.05, 3.63) is 71.3 Å². The lowest BCUT2D eigenvalue weighted by Crippen LogP contribution is -2.48. The third-order valence-corrected chi connectivity index (χ3v) is 4.56. The number of carbonyl (C=O) groups is 1. The summed E-state index contributed by atoms with van der Waals surface area (Å²) in [6, 6.07) is 18.5. The number of nitrogens with one attached hydrogen (secondary N) is 1. The number of hydrazone groups is 1. The lowest BCUT2D eigenvalue weighted by atomic mass is 10.2. The Morgan fingerprint density at radius 1 is 1.00 bits per heavy atom. The highest BCUT2D eigenvalue weighted by Crippen LogP contribution is 2.08.